The Kier molecular flexibility index (Phi) is 2.31. The van der Waals surface area contributed by atoms with Gasteiger partial charge < -0.3 is 25.4 Å². The zero-order valence-electron chi connectivity index (χ0n) is 10.4. The van der Waals surface area contributed by atoms with Gasteiger partial charge in [0.25, 0.3) is 0 Å². The number of anilines is 1. The summed E-state index contributed by atoms with van der Waals surface area (Å²) in [6, 6.07) is 0. The Labute approximate surface area is 113 Å². The quantitative estimate of drug-likeness (QED) is 0.588. The number of nitrogens with two attached hydrogens (primary N) is 1. The maximum atomic E-state index is 10.1. The molecule has 2 fully saturated rings. The monoisotopic (exact) mass is 279 g/mol. The van der Waals surface area contributed by atoms with Crippen LogP contribution in [0.5, 0.6) is 0 Å². The summed E-state index contributed by atoms with van der Waals surface area (Å²) in [4.78, 5) is 12.2. The first-order valence-electron chi connectivity index (χ1n) is 6.20. The van der Waals surface area contributed by atoms with Gasteiger partial charge in [-0.1, -0.05) is 0 Å². The summed E-state index contributed by atoms with van der Waals surface area (Å²) in [6.07, 6.45) is 0.728. The van der Waals surface area contributed by atoms with Crippen molar-refractivity contribution in [3.63, 3.8) is 0 Å². The molecule has 0 spiro atoms. The predicted molar refractivity (Wildman–Crippen MR) is 65.4 cm³/mol. The number of fused-ring (bicyclic) bond motifs is 2. The molecule has 4 N–H and O–H groups in total. The van der Waals surface area contributed by atoms with E-state index in [4.69, 9.17) is 15.2 Å². The van der Waals surface area contributed by atoms with E-state index in [1.807, 2.05) is 0 Å². The topological polar surface area (TPSA) is 129 Å². The number of rotatable bonds is 2. The number of aliphatic hydroxyl groups excluding tert-OH is 2. The lowest BCUT2D eigenvalue weighted by Crippen LogP contribution is -2.59. The molecule has 9 heteroatoms. The van der Waals surface area contributed by atoms with Gasteiger partial charge in [0.2, 0.25) is 0 Å². The summed E-state index contributed by atoms with van der Waals surface area (Å²) in [5.41, 5.74) is 5.84. The van der Waals surface area contributed by atoms with Crippen molar-refractivity contribution in [1.29, 1.82) is 0 Å². The molecule has 2 saturated heterocycles. The third-order valence-corrected chi connectivity index (χ3v) is 3.91. The molecule has 0 radical (unpaired) electrons. The molecular weight excluding hydrogens is 266 g/mol. The van der Waals surface area contributed by atoms with Gasteiger partial charge in [-0.15, -0.1) is 0 Å². The van der Waals surface area contributed by atoms with Crippen LogP contribution in [0.4, 0.5) is 5.82 Å². The van der Waals surface area contributed by atoms with Crippen LogP contribution in [0.15, 0.2) is 12.7 Å². The zero-order chi connectivity index (χ0) is 13.9. The second-order valence-electron chi connectivity index (χ2n) is 4.95. The van der Waals surface area contributed by atoms with Gasteiger partial charge in [0.05, 0.1) is 19.5 Å². The predicted octanol–water partition coefficient (Wildman–Crippen LogP) is -1.79. The molecule has 0 unspecified atom stereocenters. The van der Waals surface area contributed by atoms with E-state index in [2.05, 4.69) is 15.0 Å². The van der Waals surface area contributed by atoms with Crippen LogP contribution in [0.25, 0.3) is 11.2 Å². The fraction of sp³-hybridized carbons (Fsp3) is 0.545. The van der Waals surface area contributed by atoms with E-state index in [0.717, 1.165) is 0 Å². The second kappa shape index (κ2) is 3.85. The number of nitrogens with zero attached hydrogens (tertiary/aromatic N) is 4. The van der Waals surface area contributed by atoms with E-state index < -0.39 is 24.0 Å². The van der Waals surface area contributed by atoms with Crippen molar-refractivity contribution in [2.45, 2.75) is 24.0 Å². The van der Waals surface area contributed by atoms with Crippen LogP contribution in [0.2, 0.25) is 0 Å². The maximum Gasteiger partial charge on any atom is 0.200 e. The van der Waals surface area contributed by atoms with E-state index in [1.165, 1.54) is 12.7 Å². The van der Waals surface area contributed by atoms with Gasteiger partial charge in [-0.25, -0.2) is 15.0 Å². The Morgan fingerprint density at radius 1 is 1.45 bits per heavy atom. The van der Waals surface area contributed by atoms with Crippen LogP contribution in [-0.4, -0.2) is 61.3 Å². The molecule has 0 amide bonds. The van der Waals surface area contributed by atoms with Gasteiger partial charge in [-0.2, -0.15) is 0 Å². The van der Waals surface area contributed by atoms with E-state index in [1.54, 1.807) is 4.57 Å². The third kappa shape index (κ3) is 1.27. The highest BCUT2D eigenvalue weighted by atomic mass is 16.7. The molecule has 2 aromatic rings. The molecule has 2 aromatic heterocycles. The SMILES string of the molecule is Nc1ncnc2c1ncn2[C@@]12CO[C@@H]1[C@H](O)[C@@H](CO)O2. The summed E-state index contributed by atoms with van der Waals surface area (Å²) < 4.78 is 12.9. The van der Waals surface area contributed by atoms with Crippen molar-refractivity contribution in [3.8, 4) is 0 Å². The molecule has 4 atom stereocenters. The Hall–Kier alpha value is -1.81. The summed E-state index contributed by atoms with van der Waals surface area (Å²) in [5, 5.41) is 19.3. The van der Waals surface area contributed by atoms with Gasteiger partial charge in [-0.05, 0) is 0 Å². The van der Waals surface area contributed by atoms with Gasteiger partial charge in [0, 0.05) is 0 Å². The van der Waals surface area contributed by atoms with Crippen molar-refractivity contribution < 1.29 is 19.7 Å². The molecule has 0 aliphatic carbocycles. The number of aliphatic hydroxyl groups is 2. The number of imidazole rings is 1. The Balaban J connectivity index is 1.86. The molecule has 0 bridgehead atoms. The van der Waals surface area contributed by atoms with Gasteiger partial charge in [0.15, 0.2) is 17.2 Å². The molecule has 4 heterocycles. The number of hydrogen-bond donors (Lipinski definition) is 3. The summed E-state index contributed by atoms with van der Waals surface area (Å²) in [6.45, 7) is -0.0346. The van der Waals surface area contributed by atoms with Crippen LogP contribution in [0.3, 0.4) is 0 Å². The van der Waals surface area contributed by atoms with Crippen LogP contribution in [0.1, 0.15) is 0 Å². The fourth-order valence-corrected chi connectivity index (χ4v) is 2.85. The maximum absolute atomic E-state index is 10.1. The zero-order valence-corrected chi connectivity index (χ0v) is 10.4. The third-order valence-electron chi connectivity index (χ3n) is 3.91. The lowest BCUT2D eigenvalue weighted by molar-refractivity contribution is -0.275. The van der Waals surface area contributed by atoms with Gasteiger partial charge >= 0.3 is 0 Å². The lowest BCUT2D eigenvalue weighted by atomic mass is 9.98. The van der Waals surface area contributed by atoms with E-state index in [0.29, 0.717) is 11.2 Å². The second-order valence-corrected chi connectivity index (χ2v) is 4.95. The molecular formula is C11H13N5O4. The highest BCUT2D eigenvalue weighted by Gasteiger charge is 2.64. The summed E-state index contributed by atoms with van der Waals surface area (Å²) in [5.74, 6) is 0.277. The van der Waals surface area contributed by atoms with Gasteiger partial charge in [0.1, 0.15) is 30.2 Å². The van der Waals surface area contributed by atoms with Crippen LogP contribution >= 0.6 is 0 Å². The van der Waals surface area contributed by atoms with Crippen molar-refractivity contribution in [1.82, 2.24) is 19.5 Å². The van der Waals surface area contributed by atoms with E-state index >= 15 is 0 Å². The molecule has 0 aromatic carbocycles. The normalized spacial score (nSPS) is 36.0. The van der Waals surface area contributed by atoms with Crippen molar-refractivity contribution in [3.05, 3.63) is 12.7 Å². The van der Waals surface area contributed by atoms with E-state index in [-0.39, 0.29) is 19.0 Å². The average molecular weight is 279 g/mol. The van der Waals surface area contributed by atoms with Gasteiger partial charge in [-0.3, -0.25) is 4.57 Å². The van der Waals surface area contributed by atoms with E-state index in [9.17, 15) is 10.2 Å². The minimum Gasteiger partial charge on any atom is -0.394 e. The number of hydrogen-bond acceptors (Lipinski definition) is 8. The highest BCUT2D eigenvalue weighted by Crippen LogP contribution is 2.46. The summed E-state index contributed by atoms with van der Waals surface area (Å²) >= 11 is 0. The fourth-order valence-electron chi connectivity index (χ4n) is 2.85. The van der Waals surface area contributed by atoms with Crippen molar-refractivity contribution in [2.75, 3.05) is 18.9 Å². The Bertz CT molecular complexity index is 676. The van der Waals surface area contributed by atoms with Crippen molar-refractivity contribution in [2.24, 2.45) is 0 Å². The average Bonchev–Trinajstić information content (AvgIpc) is 2.91. The molecule has 2 aliphatic heterocycles. The number of aromatic nitrogens is 4. The van der Waals surface area contributed by atoms with Crippen LogP contribution < -0.4 is 5.73 Å². The first kappa shape index (κ1) is 12.0. The highest BCUT2D eigenvalue weighted by molar-refractivity contribution is 5.81. The first-order chi connectivity index (χ1) is 9.67. The standard InChI is InChI=1S/C11H13N5O4/c12-9-6-10(14-3-13-9)16(4-15-6)11-2-19-8(11)7(18)5(1-17)20-11/h3-5,7-8,17-18H,1-2H2,(H2,12,13,14)/t5-,7-,8-,11-/m1/s1. The molecule has 9 nitrogen and oxygen atoms in total. The van der Waals surface area contributed by atoms with Crippen LogP contribution in [0, 0.1) is 0 Å². The lowest BCUT2D eigenvalue weighted by Gasteiger charge is -2.44. The molecule has 20 heavy (non-hydrogen) atoms. The molecule has 0 saturated carbocycles. The number of nitrogen functional groups attached to an aromatic ring is 1. The minimum atomic E-state index is -0.900. The molecule has 2 aliphatic rings. The van der Waals surface area contributed by atoms with Crippen molar-refractivity contribution >= 4 is 17.0 Å². The summed E-state index contributed by atoms with van der Waals surface area (Å²) in [7, 11) is 0. The largest absolute Gasteiger partial charge is 0.394 e. The van der Waals surface area contributed by atoms with Crippen LogP contribution in [-0.2, 0) is 15.2 Å². The Morgan fingerprint density at radius 3 is 3.00 bits per heavy atom. The minimum absolute atomic E-state index is 0.251. The number of ether oxygens (including phenoxy) is 2. The molecule has 4 rings (SSSR count). The molecule has 106 valence electrons. The first-order valence-corrected chi connectivity index (χ1v) is 6.20. The smallest absolute Gasteiger partial charge is 0.200 e. The Morgan fingerprint density at radius 2 is 2.30 bits per heavy atom.